The first-order valence-electron chi connectivity index (χ1n) is 8.47. The van der Waals surface area contributed by atoms with Crippen LogP contribution in [0, 0.1) is 0 Å². The van der Waals surface area contributed by atoms with Gasteiger partial charge in [0.15, 0.2) is 11.5 Å². The van der Waals surface area contributed by atoms with Crippen molar-refractivity contribution in [3.8, 4) is 11.5 Å². The van der Waals surface area contributed by atoms with E-state index in [0.29, 0.717) is 12.1 Å². The number of halogens is 2. The van der Waals surface area contributed by atoms with Gasteiger partial charge in [0.25, 0.3) is 5.91 Å². The van der Waals surface area contributed by atoms with Crippen molar-refractivity contribution in [1.29, 1.82) is 0 Å². The molecule has 0 radical (unpaired) electrons. The van der Waals surface area contributed by atoms with Crippen LogP contribution in [0.25, 0.3) is 0 Å². The molecule has 0 unspecified atom stereocenters. The second-order valence-electron chi connectivity index (χ2n) is 6.36. The molecule has 0 saturated heterocycles. The Morgan fingerprint density at radius 1 is 1.12 bits per heavy atom. The van der Waals surface area contributed by atoms with Crippen molar-refractivity contribution in [2.75, 3.05) is 14.2 Å². The number of benzene rings is 2. The number of aryl methyl sites for hydroxylation is 2. The highest BCUT2D eigenvalue weighted by Gasteiger charge is 2.18. The summed E-state index contributed by atoms with van der Waals surface area (Å²) in [7, 11) is 3.10. The fourth-order valence-electron chi connectivity index (χ4n) is 3.27. The zero-order chi connectivity index (χ0) is 18.7. The van der Waals surface area contributed by atoms with Crippen molar-refractivity contribution in [2.24, 2.45) is 0 Å². The number of carbonyl (C=O) groups is 1. The van der Waals surface area contributed by atoms with Gasteiger partial charge in [-0.3, -0.25) is 4.79 Å². The summed E-state index contributed by atoms with van der Waals surface area (Å²) in [4.78, 5) is 14.3. The molecule has 0 aromatic heterocycles. The SMILES string of the molecule is COc1cc(CN(C)C(=O)c2ccc3c(c2)CCC3)ccc1OC(F)F. The Kier molecular flexibility index (Phi) is 5.40. The van der Waals surface area contributed by atoms with Crippen LogP contribution in [0.5, 0.6) is 11.5 Å². The van der Waals surface area contributed by atoms with Gasteiger partial charge in [0.2, 0.25) is 0 Å². The van der Waals surface area contributed by atoms with E-state index in [4.69, 9.17) is 4.74 Å². The Hall–Kier alpha value is -2.63. The highest BCUT2D eigenvalue weighted by atomic mass is 19.3. The van der Waals surface area contributed by atoms with Crippen molar-refractivity contribution in [3.05, 3.63) is 58.7 Å². The molecule has 138 valence electrons. The zero-order valence-corrected chi connectivity index (χ0v) is 14.8. The molecule has 26 heavy (non-hydrogen) atoms. The van der Waals surface area contributed by atoms with Crippen molar-refractivity contribution < 1.29 is 23.0 Å². The molecule has 0 spiro atoms. The monoisotopic (exact) mass is 361 g/mol. The number of ether oxygens (including phenoxy) is 2. The predicted octanol–water partition coefficient (Wildman–Crippen LogP) is 4.06. The Morgan fingerprint density at radius 3 is 2.62 bits per heavy atom. The molecule has 0 saturated carbocycles. The fraction of sp³-hybridized carbons (Fsp3) is 0.350. The van der Waals surface area contributed by atoms with Gasteiger partial charge < -0.3 is 14.4 Å². The lowest BCUT2D eigenvalue weighted by Crippen LogP contribution is -2.26. The normalized spacial score (nSPS) is 12.8. The van der Waals surface area contributed by atoms with Gasteiger partial charge in [-0.2, -0.15) is 8.78 Å². The van der Waals surface area contributed by atoms with E-state index in [1.165, 1.54) is 24.3 Å². The van der Waals surface area contributed by atoms with Crippen LogP contribution in [0.4, 0.5) is 8.78 Å². The lowest BCUT2D eigenvalue weighted by atomic mass is 10.1. The summed E-state index contributed by atoms with van der Waals surface area (Å²) in [6.45, 7) is -2.58. The minimum absolute atomic E-state index is 0.0288. The van der Waals surface area contributed by atoms with E-state index in [0.717, 1.165) is 24.8 Å². The first-order chi connectivity index (χ1) is 12.5. The first kappa shape index (κ1) is 18.2. The molecule has 0 aliphatic heterocycles. The number of fused-ring (bicyclic) bond motifs is 1. The number of hydrogen-bond donors (Lipinski definition) is 0. The zero-order valence-electron chi connectivity index (χ0n) is 14.8. The Bertz CT molecular complexity index is 808. The largest absolute Gasteiger partial charge is 0.493 e. The Labute approximate surface area is 151 Å². The number of amides is 1. The predicted molar refractivity (Wildman–Crippen MR) is 93.9 cm³/mol. The molecular formula is C20H21F2NO3. The van der Waals surface area contributed by atoms with Crippen LogP contribution in [-0.2, 0) is 19.4 Å². The summed E-state index contributed by atoms with van der Waals surface area (Å²) in [5.74, 6) is 0.103. The van der Waals surface area contributed by atoms with E-state index < -0.39 is 6.61 Å². The van der Waals surface area contributed by atoms with Crippen molar-refractivity contribution in [1.82, 2.24) is 4.90 Å². The number of hydrogen-bond acceptors (Lipinski definition) is 3. The number of alkyl halides is 2. The highest BCUT2D eigenvalue weighted by molar-refractivity contribution is 5.94. The number of carbonyl (C=O) groups excluding carboxylic acids is 1. The second kappa shape index (κ2) is 7.72. The molecule has 0 fully saturated rings. The molecule has 2 aromatic carbocycles. The van der Waals surface area contributed by atoms with E-state index in [-0.39, 0.29) is 17.4 Å². The van der Waals surface area contributed by atoms with Gasteiger partial charge in [0.1, 0.15) is 0 Å². The summed E-state index contributed by atoms with van der Waals surface area (Å²) in [6, 6.07) is 10.5. The number of methoxy groups -OCH3 is 1. The third kappa shape index (κ3) is 3.95. The lowest BCUT2D eigenvalue weighted by molar-refractivity contribution is -0.0512. The molecule has 0 N–H and O–H groups in total. The van der Waals surface area contributed by atoms with Crippen LogP contribution in [0.2, 0.25) is 0 Å². The molecule has 1 aliphatic carbocycles. The van der Waals surface area contributed by atoms with Crippen molar-refractivity contribution >= 4 is 5.91 Å². The van der Waals surface area contributed by atoms with Gasteiger partial charge in [-0.1, -0.05) is 12.1 Å². The summed E-state index contributed by atoms with van der Waals surface area (Å²) in [5.41, 5.74) is 4.00. The topological polar surface area (TPSA) is 38.8 Å². The quantitative estimate of drug-likeness (QED) is 0.779. The van der Waals surface area contributed by atoms with Gasteiger partial charge in [-0.15, -0.1) is 0 Å². The standard InChI is InChI=1S/C20H21F2NO3/c1-23(19(24)16-8-7-14-4-3-5-15(14)11-16)12-13-6-9-17(26-20(21)22)18(10-13)25-2/h6-11,20H,3-5,12H2,1-2H3. The van der Waals surface area contributed by atoms with Gasteiger partial charge in [0.05, 0.1) is 7.11 Å². The average molecular weight is 361 g/mol. The summed E-state index contributed by atoms with van der Waals surface area (Å²) < 4.78 is 34.3. The molecule has 6 heteroatoms. The molecule has 4 nitrogen and oxygen atoms in total. The third-order valence-corrected chi connectivity index (χ3v) is 4.56. The lowest BCUT2D eigenvalue weighted by Gasteiger charge is -2.19. The van der Waals surface area contributed by atoms with Crippen molar-refractivity contribution in [2.45, 2.75) is 32.4 Å². The smallest absolute Gasteiger partial charge is 0.387 e. The van der Waals surface area contributed by atoms with Gasteiger partial charge in [-0.05, 0) is 60.2 Å². The van der Waals surface area contributed by atoms with E-state index in [1.54, 1.807) is 24.1 Å². The van der Waals surface area contributed by atoms with Gasteiger partial charge >= 0.3 is 6.61 Å². The maximum atomic E-state index is 12.7. The van der Waals surface area contributed by atoms with Crippen molar-refractivity contribution in [3.63, 3.8) is 0 Å². The molecule has 1 aliphatic rings. The van der Waals surface area contributed by atoms with E-state index in [9.17, 15) is 13.6 Å². The molecule has 0 bridgehead atoms. The molecule has 1 amide bonds. The van der Waals surface area contributed by atoms with Crippen LogP contribution in [-0.4, -0.2) is 31.6 Å². The van der Waals surface area contributed by atoms with E-state index in [1.807, 2.05) is 18.2 Å². The van der Waals surface area contributed by atoms with Crippen LogP contribution in [0.15, 0.2) is 36.4 Å². The highest BCUT2D eigenvalue weighted by Crippen LogP contribution is 2.30. The minimum Gasteiger partial charge on any atom is -0.493 e. The first-order valence-corrected chi connectivity index (χ1v) is 8.47. The van der Waals surface area contributed by atoms with E-state index >= 15 is 0 Å². The maximum Gasteiger partial charge on any atom is 0.387 e. The molecule has 0 atom stereocenters. The molecule has 0 heterocycles. The Balaban J connectivity index is 1.72. The van der Waals surface area contributed by atoms with E-state index in [2.05, 4.69) is 4.74 Å². The van der Waals surface area contributed by atoms with Crippen LogP contribution in [0.1, 0.15) is 33.5 Å². The molecule has 2 aromatic rings. The minimum atomic E-state index is -2.92. The second-order valence-corrected chi connectivity index (χ2v) is 6.36. The third-order valence-electron chi connectivity index (χ3n) is 4.56. The van der Waals surface area contributed by atoms with Crippen LogP contribution in [0.3, 0.4) is 0 Å². The summed E-state index contributed by atoms with van der Waals surface area (Å²) in [5, 5.41) is 0. The summed E-state index contributed by atoms with van der Waals surface area (Å²) in [6.07, 6.45) is 3.23. The maximum absolute atomic E-state index is 12.7. The fourth-order valence-corrected chi connectivity index (χ4v) is 3.27. The van der Waals surface area contributed by atoms with Gasteiger partial charge in [0, 0.05) is 19.2 Å². The van der Waals surface area contributed by atoms with Crippen LogP contribution < -0.4 is 9.47 Å². The molecule has 3 rings (SSSR count). The average Bonchev–Trinajstić information content (AvgIpc) is 3.09. The Morgan fingerprint density at radius 2 is 1.88 bits per heavy atom. The molecular weight excluding hydrogens is 340 g/mol. The number of nitrogens with zero attached hydrogens (tertiary/aromatic N) is 1. The van der Waals surface area contributed by atoms with Gasteiger partial charge in [-0.25, -0.2) is 0 Å². The van der Waals surface area contributed by atoms with Crippen LogP contribution >= 0.6 is 0 Å². The number of rotatable bonds is 6. The summed E-state index contributed by atoms with van der Waals surface area (Å²) >= 11 is 0.